The summed E-state index contributed by atoms with van der Waals surface area (Å²) in [4.78, 5) is 24.7. The summed E-state index contributed by atoms with van der Waals surface area (Å²) in [6.07, 6.45) is 5.04. The first-order valence-electron chi connectivity index (χ1n) is 6.37. The lowest BCUT2D eigenvalue weighted by molar-refractivity contribution is -0.120. The average Bonchev–Trinajstić information content (AvgIpc) is 2.80. The van der Waals surface area contributed by atoms with E-state index >= 15 is 0 Å². The van der Waals surface area contributed by atoms with Crippen molar-refractivity contribution in [2.24, 2.45) is 4.99 Å². The third kappa shape index (κ3) is 2.19. The third-order valence-electron chi connectivity index (χ3n) is 3.13. The molecule has 0 saturated heterocycles. The number of benzene rings is 1. The SMILES string of the molecule is CCCC1N=C(c2ccc3nccnc3c2)NC1=O. The maximum atomic E-state index is 11.8. The zero-order valence-corrected chi connectivity index (χ0v) is 10.6. The number of carbonyl (C=O) groups excluding carboxylic acids is 1. The van der Waals surface area contributed by atoms with E-state index in [0.29, 0.717) is 5.84 Å². The Balaban J connectivity index is 1.96. The van der Waals surface area contributed by atoms with Crippen LogP contribution < -0.4 is 5.32 Å². The fourth-order valence-corrected chi connectivity index (χ4v) is 2.17. The third-order valence-corrected chi connectivity index (χ3v) is 3.13. The highest BCUT2D eigenvalue weighted by molar-refractivity contribution is 6.14. The highest BCUT2D eigenvalue weighted by atomic mass is 16.2. The number of carbonyl (C=O) groups is 1. The van der Waals surface area contributed by atoms with Crippen LogP contribution in [0.3, 0.4) is 0 Å². The molecule has 0 bridgehead atoms. The largest absolute Gasteiger partial charge is 0.309 e. The van der Waals surface area contributed by atoms with Gasteiger partial charge in [0.2, 0.25) is 5.91 Å². The van der Waals surface area contributed by atoms with Crippen LogP contribution in [0.5, 0.6) is 0 Å². The molecule has 0 aliphatic carbocycles. The molecule has 1 aliphatic heterocycles. The lowest BCUT2D eigenvalue weighted by Crippen LogP contribution is -2.29. The number of aromatic nitrogens is 2. The highest BCUT2D eigenvalue weighted by Gasteiger charge is 2.26. The molecule has 0 radical (unpaired) electrons. The quantitative estimate of drug-likeness (QED) is 0.906. The minimum absolute atomic E-state index is 0.0175. The van der Waals surface area contributed by atoms with E-state index < -0.39 is 0 Å². The van der Waals surface area contributed by atoms with Gasteiger partial charge in [0.25, 0.3) is 0 Å². The topological polar surface area (TPSA) is 67.2 Å². The van der Waals surface area contributed by atoms with Gasteiger partial charge in [-0.05, 0) is 24.6 Å². The van der Waals surface area contributed by atoms with E-state index in [4.69, 9.17) is 0 Å². The molecule has 1 aromatic carbocycles. The summed E-state index contributed by atoms with van der Waals surface area (Å²) >= 11 is 0. The van der Waals surface area contributed by atoms with E-state index in [1.165, 1.54) is 0 Å². The molecule has 2 heterocycles. The number of hydrogen-bond acceptors (Lipinski definition) is 4. The Labute approximate surface area is 110 Å². The van der Waals surface area contributed by atoms with Gasteiger partial charge in [0.05, 0.1) is 11.0 Å². The van der Waals surface area contributed by atoms with Crippen molar-refractivity contribution in [1.29, 1.82) is 0 Å². The smallest absolute Gasteiger partial charge is 0.250 e. The van der Waals surface area contributed by atoms with Crippen molar-refractivity contribution in [3.8, 4) is 0 Å². The number of nitrogens with one attached hydrogen (secondary N) is 1. The van der Waals surface area contributed by atoms with Crippen molar-refractivity contribution in [1.82, 2.24) is 15.3 Å². The Morgan fingerprint density at radius 3 is 2.79 bits per heavy atom. The van der Waals surface area contributed by atoms with Crippen molar-refractivity contribution in [2.45, 2.75) is 25.8 Å². The van der Waals surface area contributed by atoms with Gasteiger partial charge in [-0.1, -0.05) is 13.3 Å². The average molecular weight is 254 g/mol. The van der Waals surface area contributed by atoms with Crippen molar-refractivity contribution in [2.75, 3.05) is 0 Å². The van der Waals surface area contributed by atoms with Crippen LogP contribution in [-0.4, -0.2) is 27.8 Å². The number of amidine groups is 1. The predicted octanol–water partition coefficient (Wildman–Crippen LogP) is 1.67. The van der Waals surface area contributed by atoms with Crippen LogP contribution in [-0.2, 0) is 4.79 Å². The lowest BCUT2D eigenvalue weighted by Gasteiger charge is -2.02. The molecule has 96 valence electrons. The van der Waals surface area contributed by atoms with Crippen LogP contribution >= 0.6 is 0 Å². The van der Waals surface area contributed by atoms with Crippen LogP contribution in [0.4, 0.5) is 0 Å². The zero-order valence-electron chi connectivity index (χ0n) is 10.6. The first kappa shape index (κ1) is 11.8. The van der Waals surface area contributed by atoms with Gasteiger partial charge in [-0.15, -0.1) is 0 Å². The molecule has 1 amide bonds. The second-order valence-electron chi connectivity index (χ2n) is 4.53. The van der Waals surface area contributed by atoms with E-state index in [2.05, 4.69) is 20.3 Å². The molecule has 2 aromatic rings. The summed E-state index contributed by atoms with van der Waals surface area (Å²) in [6, 6.07) is 5.44. The van der Waals surface area contributed by atoms with E-state index in [0.717, 1.165) is 29.4 Å². The number of amides is 1. The van der Waals surface area contributed by atoms with Gasteiger partial charge in [-0.25, -0.2) is 0 Å². The number of fused-ring (bicyclic) bond motifs is 1. The molecule has 0 saturated carbocycles. The molecule has 5 nitrogen and oxygen atoms in total. The highest BCUT2D eigenvalue weighted by Crippen LogP contribution is 2.15. The van der Waals surface area contributed by atoms with Gasteiger partial charge < -0.3 is 5.32 Å². The molecule has 1 aliphatic rings. The molecule has 19 heavy (non-hydrogen) atoms. The zero-order chi connectivity index (χ0) is 13.2. The molecule has 5 heteroatoms. The normalized spacial score (nSPS) is 18.5. The Morgan fingerprint density at radius 1 is 1.21 bits per heavy atom. The summed E-state index contributed by atoms with van der Waals surface area (Å²) in [5.41, 5.74) is 2.51. The van der Waals surface area contributed by atoms with E-state index in [9.17, 15) is 4.79 Å². The molecule has 0 spiro atoms. The number of hydrogen-bond donors (Lipinski definition) is 1. The maximum Gasteiger partial charge on any atom is 0.250 e. The van der Waals surface area contributed by atoms with Gasteiger partial charge in [0.15, 0.2) is 0 Å². The molecule has 1 N–H and O–H groups in total. The van der Waals surface area contributed by atoms with Crippen molar-refractivity contribution < 1.29 is 4.79 Å². The van der Waals surface area contributed by atoms with E-state index in [1.807, 2.05) is 25.1 Å². The Bertz CT molecular complexity index is 665. The fourth-order valence-electron chi connectivity index (χ4n) is 2.17. The van der Waals surface area contributed by atoms with Crippen molar-refractivity contribution in [3.05, 3.63) is 36.2 Å². The van der Waals surface area contributed by atoms with Crippen LogP contribution in [0.25, 0.3) is 11.0 Å². The fraction of sp³-hybridized carbons (Fsp3) is 0.286. The first-order chi connectivity index (χ1) is 9.28. The summed E-state index contributed by atoms with van der Waals surface area (Å²) in [6.45, 7) is 2.05. The Morgan fingerprint density at radius 2 is 2.00 bits per heavy atom. The van der Waals surface area contributed by atoms with E-state index in [1.54, 1.807) is 12.4 Å². The van der Waals surface area contributed by atoms with Gasteiger partial charge >= 0.3 is 0 Å². The molecule has 0 fully saturated rings. The van der Waals surface area contributed by atoms with Gasteiger partial charge in [0, 0.05) is 18.0 Å². The lowest BCUT2D eigenvalue weighted by atomic mass is 10.2. The predicted molar refractivity (Wildman–Crippen MR) is 72.9 cm³/mol. The summed E-state index contributed by atoms with van der Waals surface area (Å²) in [5, 5.41) is 2.83. The number of rotatable bonds is 3. The van der Waals surface area contributed by atoms with Crippen molar-refractivity contribution in [3.63, 3.8) is 0 Å². The van der Waals surface area contributed by atoms with Crippen LogP contribution in [0.2, 0.25) is 0 Å². The Kier molecular flexibility index (Phi) is 2.95. The van der Waals surface area contributed by atoms with Crippen LogP contribution in [0, 0.1) is 0 Å². The van der Waals surface area contributed by atoms with Crippen LogP contribution in [0.15, 0.2) is 35.6 Å². The molecular formula is C14H14N4O. The van der Waals surface area contributed by atoms with Crippen LogP contribution in [0.1, 0.15) is 25.3 Å². The minimum atomic E-state index is -0.252. The molecule has 3 rings (SSSR count). The summed E-state index contributed by atoms with van der Waals surface area (Å²) < 4.78 is 0. The number of nitrogens with zero attached hydrogens (tertiary/aromatic N) is 3. The second-order valence-corrected chi connectivity index (χ2v) is 4.53. The summed E-state index contributed by atoms with van der Waals surface area (Å²) in [7, 11) is 0. The maximum absolute atomic E-state index is 11.8. The minimum Gasteiger partial charge on any atom is -0.309 e. The second kappa shape index (κ2) is 4.76. The van der Waals surface area contributed by atoms with Gasteiger partial charge in [0.1, 0.15) is 11.9 Å². The molecule has 1 atom stereocenters. The summed E-state index contributed by atoms with van der Waals surface area (Å²) in [5.74, 6) is 0.618. The van der Waals surface area contributed by atoms with Gasteiger partial charge in [-0.2, -0.15) is 0 Å². The number of aliphatic imine (C=N–C) groups is 1. The van der Waals surface area contributed by atoms with Crippen molar-refractivity contribution >= 4 is 22.8 Å². The van der Waals surface area contributed by atoms with E-state index in [-0.39, 0.29) is 11.9 Å². The first-order valence-corrected chi connectivity index (χ1v) is 6.37. The molecule has 1 unspecified atom stereocenters. The standard InChI is InChI=1S/C14H14N4O/c1-2-3-11-14(19)18-13(17-11)9-4-5-10-12(8-9)16-7-6-15-10/h4-8,11H,2-3H2,1H3,(H,17,18,19). The van der Waals surface area contributed by atoms with Gasteiger partial charge in [-0.3, -0.25) is 19.8 Å². The monoisotopic (exact) mass is 254 g/mol. The molecule has 1 aromatic heterocycles. The molecular weight excluding hydrogens is 240 g/mol. The Hall–Kier alpha value is -2.30.